The topological polar surface area (TPSA) is 76.1 Å². The zero-order valence-electron chi connectivity index (χ0n) is 16.2. The van der Waals surface area contributed by atoms with E-state index in [1.54, 1.807) is 0 Å². The summed E-state index contributed by atoms with van der Waals surface area (Å²) in [5, 5.41) is 5.79. The van der Waals surface area contributed by atoms with E-state index < -0.39 is 0 Å². The molecule has 7 heteroatoms. The Labute approximate surface area is 169 Å². The molecule has 1 aromatic heterocycles. The number of anilines is 1. The number of thioether (sulfide) groups is 1. The summed E-state index contributed by atoms with van der Waals surface area (Å²) >= 11 is 1.48. The van der Waals surface area contributed by atoms with Crippen LogP contribution in [0, 0.1) is 0 Å². The summed E-state index contributed by atoms with van der Waals surface area (Å²) in [6, 6.07) is 8.08. The van der Waals surface area contributed by atoms with E-state index in [4.69, 9.17) is 4.74 Å². The predicted octanol–water partition coefficient (Wildman–Crippen LogP) is 4.25. The highest BCUT2D eigenvalue weighted by molar-refractivity contribution is 8.00. The van der Waals surface area contributed by atoms with Crippen LogP contribution in [0.4, 0.5) is 5.82 Å². The van der Waals surface area contributed by atoms with E-state index in [0.29, 0.717) is 23.7 Å². The van der Waals surface area contributed by atoms with Gasteiger partial charge in [-0.05, 0) is 25.3 Å². The third kappa shape index (κ3) is 3.72. The maximum atomic E-state index is 13.0. The molecule has 1 atom stereocenters. The average Bonchev–Trinajstić information content (AvgIpc) is 2.93. The summed E-state index contributed by atoms with van der Waals surface area (Å²) in [5.74, 6) is 1.67. The lowest BCUT2D eigenvalue weighted by molar-refractivity contribution is -0.113. The minimum Gasteiger partial charge on any atom is -0.493 e. The van der Waals surface area contributed by atoms with Crippen molar-refractivity contribution in [1.82, 2.24) is 9.78 Å². The molecule has 4 rings (SSSR count). The van der Waals surface area contributed by atoms with Crippen molar-refractivity contribution in [1.29, 1.82) is 0 Å². The molecule has 6 nitrogen and oxygen atoms in total. The highest BCUT2D eigenvalue weighted by Gasteiger charge is 2.33. The molecule has 1 aliphatic carbocycles. The Morgan fingerprint density at radius 2 is 1.96 bits per heavy atom. The van der Waals surface area contributed by atoms with Gasteiger partial charge in [-0.1, -0.05) is 44.4 Å². The minimum absolute atomic E-state index is 0.0655. The Bertz CT molecular complexity index is 899. The highest BCUT2D eigenvalue weighted by Crippen LogP contribution is 2.44. The van der Waals surface area contributed by atoms with Crippen LogP contribution in [0.15, 0.2) is 29.1 Å². The number of aromatic nitrogens is 2. The second kappa shape index (κ2) is 8.47. The largest absolute Gasteiger partial charge is 0.493 e. The quantitative estimate of drug-likeness (QED) is 0.785. The molecule has 1 fully saturated rings. The fourth-order valence-electron chi connectivity index (χ4n) is 4.14. The summed E-state index contributed by atoms with van der Waals surface area (Å²) in [6.45, 7) is 2.69. The van der Waals surface area contributed by atoms with Crippen LogP contribution in [-0.2, 0) is 4.79 Å². The molecule has 2 heterocycles. The summed E-state index contributed by atoms with van der Waals surface area (Å²) < 4.78 is 7.87. The molecule has 1 aromatic carbocycles. The van der Waals surface area contributed by atoms with Gasteiger partial charge in [-0.25, -0.2) is 0 Å². The molecule has 1 saturated carbocycles. The standard InChI is InChI=1S/C21H27N3O3S/c1-2-12-27-16-11-7-6-10-15(16)19-18-20(22-17(25)13-28-19)24(23-21(18)26)14-8-4-3-5-9-14/h6-7,10-11,14,19H,2-5,8-9,12-13H2,1H3,(H,22,25)(H,23,26)/t19-/m0/s1. The van der Waals surface area contributed by atoms with Gasteiger partial charge in [-0.3, -0.25) is 19.4 Å². The molecule has 0 bridgehead atoms. The van der Waals surface area contributed by atoms with Gasteiger partial charge < -0.3 is 10.1 Å². The summed E-state index contributed by atoms with van der Waals surface area (Å²) in [5.41, 5.74) is 1.46. The SMILES string of the molecule is CCCOc1ccccc1[C@@H]1SCC(=O)Nc2c1c(=O)[nH]n2C1CCCCC1. The lowest BCUT2D eigenvalue weighted by Gasteiger charge is -2.25. The Morgan fingerprint density at radius 3 is 2.75 bits per heavy atom. The third-order valence-corrected chi connectivity index (χ3v) is 6.72. The molecule has 1 amide bonds. The fraction of sp³-hybridized carbons (Fsp3) is 0.524. The molecular weight excluding hydrogens is 374 g/mol. The van der Waals surface area contributed by atoms with Crippen molar-refractivity contribution in [2.45, 2.75) is 56.7 Å². The Morgan fingerprint density at radius 1 is 1.18 bits per heavy atom. The van der Waals surface area contributed by atoms with Crippen LogP contribution in [0.2, 0.25) is 0 Å². The monoisotopic (exact) mass is 401 g/mol. The van der Waals surface area contributed by atoms with E-state index in [1.165, 1.54) is 18.2 Å². The average molecular weight is 402 g/mol. The van der Waals surface area contributed by atoms with Gasteiger partial charge in [-0.15, -0.1) is 11.8 Å². The minimum atomic E-state index is -0.240. The number of hydrogen-bond donors (Lipinski definition) is 2. The van der Waals surface area contributed by atoms with Gasteiger partial charge in [0.2, 0.25) is 5.91 Å². The third-order valence-electron chi connectivity index (χ3n) is 5.47. The van der Waals surface area contributed by atoms with Gasteiger partial charge in [0.1, 0.15) is 11.6 Å². The van der Waals surface area contributed by atoms with Gasteiger partial charge in [0.15, 0.2) is 0 Å². The van der Waals surface area contributed by atoms with Crippen LogP contribution in [0.1, 0.15) is 67.9 Å². The molecule has 0 spiro atoms. The lowest BCUT2D eigenvalue weighted by Crippen LogP contribution is -2.21. The number of hydrogen-bond acceptors (Lipinski definition) is 4. The second-order valence-electron chi connectivity index (χ2n) is 7.49. The van der Waals surface area contributed by atoms with Gasteiger partial charge in [0.05, 0.1) is 29.2 Å². The number of carbonyl (C=O) groups excluding carboxylic acids is 1. The van der Waals surface area contributed by atoms with Crippen LogP contribution in [0.25, 0.3) is 0 Å². The van der Waals surface area contributed by atoms with Crippen LogP contribution >= 0.6 is 11.8 Å². The lowest BCUT2D eigenvalue weighted by atomic mass is 9.95. The van der Waals surface area contributed by atoms with E-state index in [0.717, 1.165) is 43.4 Å². The van der Waals surface area contributed by atoms with Crippen LogP contribution < -0.4 is 15.6 Å². The first-order valence-corrected chi connectivity index (χ1v) is 11.2. The van der Waals surface area contributed by atoms with Crippen molar-refractivity contribution in [3.05, 3.63) is 45.7 Å². The van der Waals surface area contributed by atoms with Gasteiger partial charge in [0, 0.05) is 5.56 Å². The number of H-pyrrole nitrogens is 1. The molecule has 150 valence electrons. The molecular formula is C21H27N3O3S. The van der Waals surface area contributed by atoms with Crippen molar-refractivity contribution in [2.75, 3.05) is 17.7 Å². The van der Waals surface area contributed by atoms with E-state index in [9.17, 15) is 9.59 Å². The number of amides is 1. The predicted molar refractivity (Wildman–Crippen MR) is 112 cm³/mol. The molecule has 2 N–H and O–H groups in total. The number of ether oxygens (including phenoxy) is 1. The molecule has 0 saturated heterocycles. The zero-order chi connectivity index (χ0) is 19.5. The first-order valence-electron chi connectivity index (χ1n) is 10.2. The Hall–Kier alpha value is -2.15. The summed E-state index contributed by atoms with van der Waals surface area (Å²) in [4.78, 5) is 25.4. The van der Waals surface area contributed by atoms with Crippen molar-refractivity contribution < 1.29 is 9.53 Å². The normalized spacial score (nSPS) is 20.3. The summed E-state index contributed by atoms with van der Waals surface area (Å²) in [7, 11) is 0. The summed E-state index contributed by atoms with van der Waals surface area (Å²) in [6.07, 6.45) is 6.51. The maximum absolute atomic E-state index is 13.0. The highest BCUT2D eigenvalue weighted by atomic mass is 32.2. The van der Waals surface area contributed by atoms with Crippen molar-refractivity contribution in [3.8, 4) is 5.75 Å². The number of benzene rings is 1. The van der Waals surface area contributed by atoms with Gasteiger partial charge >= 0.3 is 0 Å². The smallest absolute Gasteiger partial charge is 0.270 e. The van der Waals surface area contributed by atoms with E-state index in [2.05, 4.69) is 17.3 Å². The van der Waals surface area contributed by atoms with E-state index in [-0.39, 0.29) is 22.8 Å². The van der Waals surface area contributed by atoms with Crippen molar-refractivity contribution in [3.63, 3.8) is 0 Å². The number of aromatic amines is 1. The molecule has 0 unspecified atom stereocenters. The zero-order valence-corrected chi connectivity index (χ0v) is 17.0. The first kappa shape index (κ1) is 19.2. The number of fused-ring (bicyclic) bond motifs is 1. The van der Waals surface area contributed by atoms with Crippen molar-refractivity contribution in [2.24, 2.45) is 0 Å². The second-order valence-corrected chi connectivity index (χ2v) is 8.58. The van der Waals surface area contributed by atoms with Gasteiger partial charge in [0.25, 0.3) is 5.56 Å². The number of para-hydroxylation sites is 1. The molecule has 1 aliphatic heterocycles. The number of nitrogens with one attached hydrogen (secondary N) is 2. The van der Waals surface area contributed by atoms with Crippen LogP contribution in [0.3, 0.4) is 0 Å². The molecule has 0 radical (unpaired) electrons. The number of nitrogens with zero attached hydrogens (tertiary/aromatic N) is 1. The molecule has 28 heavy (non-hydrogen) atoms. The van der Waals surface area contributed by atoms with E-state index >= 15 is 0 Å². The number of rotatable bonds is 5. The first-order chi connectivity index (χ1) is 13.7. The Balaban J connectivity index is 1.79. The van der Waals surface area contributed by atoms with Gasteiger partial charge in [-0.2, -0.15) is 0 Å². The van der Waals surface area contributed by atoms with Crippen LogP contribution in [-0.4, -0.2) is 28.0 Å². The number of carbonyl (C=O) groups is 1. The van der Waals surface area contributed by atoms with Crippen LogP contribution in [0.5, 0.6) is 5.75 Å². The Kier molecular flexibility index (Phi) is 5.80. The van der Waals surface area contributed by atoms with Crippen molar-refractivity contribution >= 4 is 23.5 Å². The molecule has 2 aliphatic rings. The maximum Gasteiger partial charge on any atom is 0.270 e. The molecule has 2 aromatic rings. The van der Waals surface area contributed by atoms with E-state index in [1.807, 2.05) is 28.9 Å². The fourth-order valence-corrected chi connectivity index (χ4v) is 5.29.